The molecular formula is C15H22N2O2. The Bertz CT molecular complexity index is 417. The lowest BCUT2D eigenvalue weighted by Gasteiger charge is -2.26. The van der Waals surface area contributed by atoms with Gasteiger partial charge in [0, 0.05) is 32.7 Å². The van der Waals surface area contributed by atoms with Gasteiger partial charge in [-0.25, -0.2) is 0 Å². The molecule has 1 saturated heterocycles. The fourth-order valence-electron chi connectivity index (χ4n) is 2.66. The summed E-state index contributed by atoms with van der Waals surface area (Å²) in [6, 6.07) is 6.43. The van der Waals surface area contributed by atoms with E-state index in [1.54, 1.807) is 0 Å². The molecule has 104 valence electrons. The summed E-state index contributed by atoms with van der Waals surface area (Å²) < 4.78 is 11.2. The van der Waals surface area contributed by atoms with Crippen LogP contribution in [-0.4, -0.2) is 44.4 Å². The quantitative estimate of drug-likeness (QED) is 0.813. The fourth-order valence-corrected chi connectivity index (χ4v) is 2.66. The molecule has 0 aliphatic carbocycles. The topological polar surface area (TPSA) is 33.7 Å². The van der Waals surface area contributed by atoms with E-state index in [9.17, 15) is 0 Å². The molecule has 1 aromatic carbocycles. The van der Waals surface area contributed by atoms with Crippen LogP contribution in [0.15, 0.2) is 18.2 Å². The maximum absolute atomic E-state index is 5.84. The minimum Gasteiger partial charge on any atom is -0.494 e. The third-order valence-electron chi connectivity index (χ3n) is 3.80. The van der Waals surface area contributed by atoms with Crippen molar-refractivity contribution in [3.05, 3.63) is 29.3 Å². The first-order valence-corrected chi connectivity index (χ1v) is 7.17. The minimum absolute atomic E-state index is 0.795. The minimum atomic E-state index is 0.795. The number of nitrogens with zero attached hydrogens (tertiary/aromatic N) is 1. The van der Waals surface area contributed by atoms with E-state index >= 15 is 0 Å². The lowest BCUT2D eigenvalue weighted by atomic mass is 10.1. The SMILES string of the molecule is c1cc2c(cc1OCCCN1CCOCC1)CNC2. The Morgan fingerprint density at radius 2 is 2.00 bits per heavy atom. The maximum atomic E-state index is 5.84. The molecule has 0 aromatic heterocycles. The molecule has 0 bridgehead atoms. The molecule has 2 aliphatic rings. The molecule has 19 heavy (non-hydrogen) atoms. The Morgan fingerprint density at radius 1 is 1.16 bits per heavy atom. The van der Waals surface area contributed by atoms with Crippen LogP contribution in [0.3, 0.4) is 0 Å². The zero-order valence-electron chi connectivity index (χ0n) is 11.4. The smallest absolute Gasteiger partial charge is 0.119 e. The Morgan fingerprint density at radius 3 is 2.89 bits per heavy atom. The molecule has 1 aromatic rings. The summed E-state index contributed by atoms with van der Waals surface area (Å²) in [5, 5.41) is 3.35. The van der Waals surface area contributed by atoms with Crippen molar-refractivity contribution in [2.24, 2.45) is 0 Å². The van der Waals surface area contributed by atoms with E-state index in [4.69, 9.17) is 9.47 Å². The lowest BCUT2D eigenvalue weighted by Crippen LogP contribution is -2.37. The Kier molecular flexibility index (Phi) is 4.33. The van der Waals surface area contributed by atoms with Gasteiger partial charge in [0.15, 0.2) is 0 Å². The van der Waals surface area contributed by atoms with Gasteiger partial charge in [-0.05, 0) is 29.7 Å². The van der Waals surface area contributed by atoms with Crippen LogP contribution in [0.25, 0.3) is 0 Å². The standard InChI is InChI=1S/C15H22N2O2/c1(4-17-5-8-18-9-6-17)7-19-15-3-2-13-11-16-12-14(13)10-15/h2-3,10,16H,1,4-9,11-12H2. The fraction of sp³-hybridized carbons (Fsp3) is 0.600. The van der Waals surface area contributed by atoms with Crippen LogP contribution in [-0.2, 0) is 17.8 Å². The molecule has 1 N–H and O–H groups in total. The summed E-state index contributed by atoms with van der Waals surface area (Å²) in [4.78, 5) is 2.44. The van der Waals surface area contributed by atoms with Crippen molar-refractivity contribution in [3.8, 4) is 5.75 Å². The van der Waals surface area contributed by atoms with Gasteiger partial charge in [-0.3, -0.25) is 4.90 Å². The van der Waals surface area contributed by atoms with Crippen molar-refractivity contribution in [1.82, 2.24) is 10.2 Å². The van der Waals surface area contributed by atoms with Crippen molar-refractivity contribution in [1.29, 1.82) is 0 Å². The van der Waals surface area contributed by atoms with Gasteiger partial charge in [0.1, 0.15) is 5.75 Å². The van der Waals surface area contributed by atoms with Crippen molar-refractivity contribution in [2.45, 2.75) is 19.5 Å². The van der Waals surface area contributed by atoms with Gasteiger partial charge in [-0.2, -0.15) is 0 Å². The van der Waals surface area contributed by atoms with Gasteiger partial charge >= 0.3 is 0 Å². The van der Waals surface area contributed by atoms with Crippen LogP contribution in [0.2, 0.25) is 0 Å². The first-order valence-electron chi connectivity index (χ1n) is 7.17. The van der Waals surface area contributed by atoms with Gasteiger partial charge in [-0.1, -0.05) is 6.07 Å². The molecule has 2 aliphatic heterocycles. The largest absolute Gasteiger partial charge is 0.494 e. The van der Waals surface area contributed by atoms with Crippen LogP contribution in [0.5, 0.6) is 5.75 Å². The maximum Gasteiger partial charge on any atom is 0.119 e. The lowest BCUT2D eigenvalue weighted by molar-refractivity contribution is 0.0358. The highest BCUT2D eigenvalue weighted by Crippen LogP contribution is 2.21. The second-order valence-electron chi connectivity index (χ2n) is 5.19. The molecule has 3 rings (SSSR count). The van der Waals surface area contributed by atoms with Crippen LogP contribution in [0.1, 0.15) is 17.5 Å². The first kappa shape index (κ1) is 12.9. The van der Waals surface area contributed by atoms with Gasteiger partial charge in [0.05, 0.1) is 19.8 Å². The van der Waals surface area contributed by atoms with E-state index < -0.39 is 0 Å². The number of nitrogens with one attached hydrogen (secondary N) is 1. The number of hydrogen-bond acceptors (Lipinski definition) is 4. The third kappa shape index (κ3) is 3.47. The number of morpholine rings is 1. The summed E-state index contributed by atoms with van der Waals surface area (Å²) in [6.45, 7) is 7.73. The van der Waals surface area contributed by atoms with E-state index in [0.29, 0.717) is 0 Å². The van der Waals surface area contributed by atoms with Crippen LogP contribution in [0, 0.1) is 0 Å². The van der Waals surface area contributed by atoms with Gasteiger partial charge in [0.25, 0.3) is 0 Å². The second-order valence-corrected chi connectivity index (χ2v) is 5.19. The molecule has 1 fully saturated rings. The van der Waals surface area contributed by atoms with Gasteiger partial charge < -0.3 is 14.8 Å². The predicted octanol–water partition coefficient (Wildman–Crippen LogP) is 1.39. The van der Waals surface area contributed by atoms with Crippen LogP contribution < -0.4 is 10.1 Å². The zero-order valence-corrected chi connectivity index (χ0v) is 11.4. The van der Waals surface area contributed by atoms with E-state index in [2.05, 4.69) is 28.4 Å². The number of fused-ring (bicyclic) bond motifs is 1. The Hall–Kier alpha value is -1.10. The Balaban J connectivity index is 1.40. The van der Waals surface area contributed by atoms with Crippen molar-refractivity contribution >= 4 is 0 Å². The summed E-state index contributed by atoms with van der Waals surface area (Å²) >= 11 is 0. The first-order chi connectivity index (χ1) is 9.42. The molecule has 0 radical (unpaired) electrons. The molecule has 0 unspecified atom stereocenters. The predicted molar refractivity (Wildman–Crippen MR) is 74.4 cm³/mol. The molecule has 0 atom stereocenters. The van der Waals surface area contributed by atoms with Crippen molar-refractivity contribution in [3.63, 3.8) is 0 Å². The zero-order chi connectivity index (χ0) is 12.9. The number of ether oxygens (including phenoxy) is 2. The monoisotopic (exact) mass is 262 g/mol. The normalized spacial score (nSPS) is 19.4. The second kappa shape index (κ2) is 6.37. The molecule has 0 spiro atoms. The molecule has 0 amide bonds. The van der Waals surface area contributed by atoms with E-state index in [0.717, 1.165) is 64.7 Å². The summed E-state index contributed by atoms with van der Waals surface area (Å²) in [5.74, 6) is 1.00. The van der Waals surface area contributed by atoms with Gasteiger partial charge in [0.2, 0.25) is 0 Å². The average molecular weight is 262 g/mol. The van der Waals surface area contributed by atoms with E-state index in [1.807, 2.05) is 0 Å². The molecule has 0 saturated carbocycles. The highest BCUT2D eigenvalue weighted by Gasteiger charge is 2.11. The highest BCUT2D eigenvalue weighted by molar-refractivity contribution is 5.37. The third-order valence-corrected chi connectivity index (χ3v) is 3.80. The highest BCUT2D eigenvalue weighted by atomic mass is 16.5. The van der Waals surface area contributed by atoms with Crippen LogP contribution >= 0.6 is 0 Å². The summed E-state index contributed by atoms with van der Waals surface area (Å²) in [5.41, 5.74) is 2.78. The van der Waals surface area contributed by atoms with Crippen molar-refractivity contribution < 1.29 is 9.47 Å². The van der Waals surface area contributed by atoms with Crippen LogP contribution in [0.4, 0.5) is 0 Å². The molecule has 4 nitrogen and oxygen atoms in total. The number of hydrogen-bond donors (Lipinski definition) is 1. The molecular weight excluding hydrogens is 240 g/mol. The average Bonchev–Trinajstić information content (AvgIpc) is 2.92. The molecule has 4 heteroatoms. The van der Waals surface area contributed by atoms with Crippen molar-refractivity contribution in [2.75, 3.05) is 39.5 Å². The number of rotatable bonds is 5. The summed E-state index contributed by atoms with van der Waals surface area (Å²) in [6.07, 6.45) is 1.08. The molecule has 2 heterocycles. The Labute approximate surface area is 114 Å². The van der Waals surface area contributed by atoms with E-state index in [-0.39, 0.29) is 0 Å². The summed E-state index contributed by atoms with van der Waals surface area (Å²) in [7, 11) is 0. The van der Waals surface area contributed by atoms with Gasteiger partial charge in [-0.15, -0.1) is 0 Å². The van der Waals surface area contributed by atoms with E-state index in [1.165, 1.54) is 11.1 Å². The number of benzene rings is 1.